The molecule has 24 nitrogen and oxygen atoms in total. The number of carbonyl (C=O) groups is 5. The van der Waals surface area contributed by atoms with Crippen LogP contribution in [0.4, 0.5) is 0 Å². The summed E-state index contributed by atoms with van der Waals surface area (Å²) in [6, 6.07) is 65.6. The van der Waals surface area contributed by atoms with Gasteiger partial charge in [0.1, 0.15) is 40.2 Å². The lowest BCUT2D eigenvalue weighted by Crippen LogP contribution is -2.45. The second-order valence-electron chi connectivity index (χ2n) is 30.6. The Bertz CT molecular complexity index is 4040. The number of amides is 1. The van der Waals surface area contributed by atoms with Crippen molar-refractivity contribution in [3.63, 3.8) is 0 Å². The highest BCUT2D eigenvalue weighted by molar-refractivity contribution is 5.79. The highest BCUT2D eigenvalue weighted by atomic mass is 16.5. The molecule has 8 aromatic rings. The van der Waals surface area contributed by atoms with Gasteiger partial charge in [0.25, 0.3) is 0 Å². The molecule has 656 valence electrons. The summed E-state index contributed by atoms with van der Waals surface area (Å²) in [5, 5.41) is 48.4. The van der Waals surface area contributed by atoms with Crippen molar-refractivity contribution in [1.29, 1.82) is 0 Å². The first kappa shape index (κ1) is 97.2. The number of aliphatic carboxylic acids is 4. The van der Waals surface area contributed by atoms with E-state index in [9.17, 15) is 49.5 Å². The number of rotatable bonds is 30. The first-order valence-corrected chi connectivity index (χ1v) is 41.9. The van der Waals surface area contributed by atoms with Gasteiger partial charge in [-0.15, -0.1) is 0 Å². The number of methoxy groups -OCH3 is 7. The van der Waals surface area contributed by atoms with Gasteiger partial charge in [0, 0.05) is 100 Å². The van der Waals surface area contributed by atoms with Gasteiger partial charge in [-0.25, -0.2) is 0 Å². The highest BCUT2D eigenvalue weighted by Crippen LogP contribution is 2.44. The standard InChI is InChI=1S/C31H42N2O7.3C15H21NO3.3C7H8O/c1-3-4-14-32(15-7-16-34)29(35)21-33-20-24(22-10-11-26-23(19-22)12-17-39-26)30(31(36)37)25(33)13-18-40-28-9-6-5-8-27(28)38-2;3*1-4-13-14(15(17)18)12(9-16(13)2)10-5-7-11(19-3)8-6-10;3*1-8-7-5-3-2-4-6-7/h5-6,8-11,19,24-25,30,34H,3-4,7,12-18,20-21H2,1-2H3,(H,36,37);3*5-8,12-14H,4,9H2,1-3H3,(H,17,18);3*2-6H,1H3/t24-,25+,30-;3*12-,13+,14-;;;/m1111.../s1. The number of hydrogen-bond donors (Lipinski definition) is 5. The van der Waals surface area contributed by atoms with Crippen LogP contribution < -0.4 is 42.6 Å². The number of ether oxygens (including phenoxy) is 9. The van der Waals surface area contributed by atoms with Crippen LogP contribution in [-0.4, -0.2) is 241 Å². The SMILES string of the molecule is CCCCN(CCCO)C(=O)CN1C[C@H](c2ccc3c(c2)CCO3)[C@@H](C(=O)O)[C@@H]1CCOc1ccccc1OC.CC[C@H]1[C@H](C(=O)O)[C@@H](c2ccc(OC)cc2)CN1C.CC[C@H]1[C@H](C(=O)O)[C@@H](c2ccc(OC)cc2)CN1C.CC[C@H]1[C@H](C(=O)O)[C@@H](c2ccc(OC)cc2)CN1C.COc1ccccc1.COc1ccccc1.COc1ccccc1. The monoisotopic (exact) mass is 1670 g/mol. The Labute approximate surface area is 715 Å². The molecule has 5 aliphatic heterocycles. The molecule has 0 saturated carbocycles. The molecule has 1 amide bonds. The number of hydrogen-bond acceptors (Lipinski definition) is 19. The van der Waals surface area contributed by atoms with Gasteiger partial charge in [0.05, 0.1) is 93.2 Å². The minimum atomic E-state index is -0.873. The lowest BCUT2D eigenvalue weighted by atomic mass is 9.83. The summed E-state index contributed by atoms with van der Waals surface area (Å²) in [6.45, 7) is 13.3. The van der Waals surface area contributed by atoms with Gasteiger partial charge >= 0.3 is 23.9 Å². The summed E-state index contributed by atoms with van der Waals surface area (Å²) in [6.07, 6.45) is 6.19. The molecule has 0 radical (unpaired) electrons. The van der Waals surface area contributed by atoms with Crippen LogP contribution in [0.2, 0.25) is 0 Å². The molecular weight excluding hydrogens is 1540 g/mol. The van der Waals surface area contributed by atoms with Gasteiger partial charge in [0.15, 0.2) is 11.5 Å². The van der Waals surface area contributed by atoms with Crippen molar-refractivity contribution in [3.8, 4) is 51.7 Å². The first-order valence-electron chi connectivity index (χ1n) is 41.9. The minimum Gasteiger partial charge on any atom is -0.497 e. The zero-order chi connectivity index (χ0) is 87.9. The average molecular weight is 1670 g/mol. The van der Waals surface area contributed by atoms with Gasteiger partial charge in [-0.1, -0.05) is 149 Å². The molecule has 121 heavy (non-hydrogen) atoms. The third-order valence-corrected chi connectivity index (χ3v) is 23.3. The van der Waals surface area contributed by atoms with Crippen molar-refractivity contribution in [3.05, 3.63) is 234 Å². The maximum Gasteiger partial charge on any atom is 0.308 e. The van der Waals surface area contributed by atoms with Crippen LogP contribution in [-0.2, 0) is 30.4 Å². The van der Waals surface area contributed by atoms with Crippen LogP contribution in [0, 0.1) is 23.7 Å². The van der Waals surface area contributed by atoms with Crippen molar-refractivity contribution in [2.24, 2.45) is 23.7 Å². The van der Waals surface area contributed by atoms with Crippen molar-refractivity contribution in [2.45, 2.75) is 127 Å². The second kappa shape index (κ2) is 51.0. The fraction of sp³-hybridized carbons (Fsp3) is 0.454. The third kappa shape index (κ3) is 28.1. The van der Waals surface area contributed by atoms with Crippen LogP contribution in [0.3, 0.4) is 0 Å². The molecule has 13 rings (SSSR count). The van der Waals surface area contributed by atoms with E-state index in [1.54, 1.807) is 54.7 Å². The van der Waals surface area contributed by atoms with Crippen molar-refractivity contribution >= 4 is 29.8 Å². The van der Waals surface area contributed by atoms with E-state index >= 15 is 0 Å². The Balaban J connectivity index is 0.000000211. The Morgan fingerprint density at radius 3 is 1.08 bits per heavy atom. The summed E-state index contributed by atoms with van der Waals surface area (Å²) in [7, 11) is 17.5. The lowest BCUT2D eigenvalue weighted by molar-refractivity contribution is -0.144. The topological polar surface area (TPSA) is 286 Å². The van der Waals surface area contributed by atoms with Gasteiger partial charge in [-0.2, -0.15) is 0 Å². The van der Waals surface area contributed by atoms with E-state index in [4.69, 9.17) is 42.6 Å². The Morgan fingerprint density at radius 2 is 0.744 bits per heavy atom. The smallest absolute Gasteiger partial charge is 0.308 e. The lowest BCUT2D eigenvalue weighted by Gasteiger charge is -2.29. The van der Waals surface area contributed by atoms with E-state index in [1.807, 2.05) is 247 Å². The largest absolute Gasteiger partial charge is 0.497 e. The number of para-hydroxylation sites is 5. The molecule has 0 aromatic heterocycles. The van der Waals surface area contributed by atoms with Gasteiger partial charge < -0.3 is 87.8 Å². The molecule has 0 unspecified atom stereocenters. The average Bonchev–Trinajstić information content (AvgIpc) is 1.65. The van der Waals surface area contributed by atoms with E-state index in [2.05, 4.69) is 27.7 Å². The summed E-state index contributed by atoms with van der Waals surface area (Å²) in [4.78, 5) is 71.3. The number of aliphatic hydroxyl groups is 1. The minimum absolute atomic E-state index is 0.0216. The molecule has 0 aliphatic carbocycles. The number of carbonyl (C=O) groups excluding carboxylic acids is 1. The van der Waals surface area contributed by atoms with Gasteiger partial charge in [-0.3, -0.25) is 28.9 Å². The number of fused-ring (bicyclic) bond motifs is 1. The molecule has 0 spiro atoms. The zero-order valence-electron chi connectivity index (χ0n) is 73.0. The Kier molecular flexibility index (Phi) is 41.0. The highest BCUT2D eigenvalue weighted by Gasteiger charge is 2.49. The number of carboxylic acids is 4. The van der Waals surface area contributed by atoms with Crippen molar-refractivity contribution in [1.82, 2.24) is 24.5 Å². The quantitative estimate of drug-likeness (QED) is 0.0280. The molecule has 12 atom stereocenters. The number of carboxylic acid groups (broad SMARTS) is 4. The molecule has 5 heterocycles. The molecule has 5 aliphatic rings. The molecule has 0 bridgehead atoms. The van der Waals surface area contributed by atoms with Gasteiger partial charge in [-0.05, 0) is 178 Å². The predicted molar refractivity (Wildman–Crippen MR) is 471 cm³/mol. The van der Waals surface area contributed by atoms with Crippen LogP contribution in [0.25, 0.3) is 0 Å². The second-order valence-corrected chi connectivity index (χ2v) is 30.6. The first-order chi connectivity index (χ1) is 58.5. The summed E-state index contributed by atoms with van der Waals surface area (Å²) < 4.78 is 47.3. The molecule has 8 aromatic carbocycles. The van der Waals surface area contributed by atoms with E-state index in [0.717, 1.165) is 126 Å². The molecular formula is C97H129N5O19. The normalized spacial score (nSPS) is 21.3. The summed E-state index contributed by atoms with van der Waals surface area (Å²) in [5.41, 5.74) is 5.30. The summed E-state index contributed by atoms with van der Waals surface area (Å²) >= 11 is 0. The molecule has 5 N–H and O–H groups in total. The fourth-order valence-corrected chi connectivity index (χ4v) is 17.1. The van der Waals surface area contributed by atoms with E-state index in [0.29, 0.717) is 50.6 Å². The van der Waals surface area contributed by atoms with Crippen LogP contribution in [0.15, 0.2) is 206 Å². The fourth-order valence-electron chi connectivity index (χ4n) is 17.1. The predicted octanol–water partition coefficient (Wildman–Crippen LogP) is 15.3. The molecule has 4 saturated heterocycles. The Morgan fingerprint density at radius 1 is 0.405 bits per heavy atom. The number of unbranched alkanes of at least 4 members (excludes halogenated alkanes) is 1. The maximum absolute atomic E-state index is 13.5. The van der Waals surface area contributed by atoms with E-state index in [-0.39, 0.29) is 85.2 Å². The van der Waals surface area contributed by atoms with Crippen LogP contribution in [0.5, 0.6) is 51.7 Å². The maximum atomic E-state index is 13.5. The van der Waals surface area contributed by atoms with Gasteiger partial charge in [0.2, 0.25) is 5.91 Å². The zero-order valence-corrected chi connectivity index (χ0v) is 73.0. The third-order valence-electron chi connectivity index (χ3n) is 23.3. The number of nitrogens with zero attached hydrogens (tertiary/aromatic N) is 5. The number of aliphatic hydroxyl groups excluding tert-OH is 1. The number of likely N-dealkylation sites (tertiary alicyclic amines) is 4. The Hall–Kier alpha value is -10.9. The van der Waals surface area contributed by atoms with Crippen molar-refractivity contribution in [2.75, 3.05) is 137 Å². The van der Waals surface area contributed by atoms with Crippen molar-refractivity contribution < 1.29 is 92.1 Å². The number of likely N-dealkylation sites (N-methyl/N-ethyl adjacent to an activating group) is 3. The molecule has 24 heteroatoms. The van der Waals surface area contributed by atoms with E-state index in [1.165, 1.54) is 0 Å². The van der Waals surface area contributed by atoms with E-state index < -0.39 is 35.8 Å². The van der Waals surface area contributed by atoms with Crippen LogP contribution >= 0.6 is 0 Å². The molecule has 4 fully saturated rings. The van der Waals surface area contributed by atoms with Crippen LogP contribution in [0.1, 0.15) is 124 Å². The summed E-state index contributed by atoms with van der Waals surface area (Å²) in [5.74, 6) is 2.40. The number of benzene rings is 8.